The highest BCUT2D eigenvalue weighted by Crippen LogP contribution is 2.28. The van der Waals surface area contributed by atoms with Gasteiger partial charge in [0.2, 0.25) is 5.91 Å². The van der Waals surface area contributed by atoms with Crippen molar-refractivity contribution in [3.05, 3.63) is 35.9 Å². The zero-order valence-electron chi connectivity index (χ0n) is 21.1. The molecule has 1 atom stereocenters. The minimum Gasteiger partial charge on any atom is -0.387 e. The van der Waals surface area contributed by atoms with Crippen molar-refractivity contribution in [1.82, 2.24) is 14.7 Å². The van der Waals surface area contributed by atoms with E-state index < -0.39 is 0 Å². The fourth-order valence-electron chi connectivity index (χ4n) is 5.48. The van der Waals surface area contributed by atoms with E-state index in [-0.39, 0.29) is 30.1 Å². The maximum absolute atomic E-state index is 13.0. The van der Waals surface area contributed by atoms with Crippen LogP contribution in [0.2, 0.25) is 0 Å². The summed E-state index contributed by atoms with van der Waals surface area (Å²) in [6, 6.07) is 9.91. The van der Waals surface area contributed by atoms with E-state index in [9.17, 15) is 9.59 Å². The van der Waals surface area contributed by atoms with Crippen LogP contribution in [0.1, 0.15) is 50.2 Å². The predicted molar refractivity (Wildman–Crippen MR) is 134 cm³/mol. The summed E-state index contributed by atoms with van der Waals surface area (Å²) in [5.74, 6) is 0.232. The Kier molecular flexibility index (Phi) is 8.51. The lowest BCUT2D eigenvalue weighted by Gasteiger charge is -2.37. The molecule has 0 aliphatic carbocycles. The van der Waals surface area contributed by atoms with Crippen LogP contribution < -0.4 is 0 Å². The number of hydrogen-bond donors (Lipinski definition) is 0. The van der Waals surface area contributed by atoms with Crippen molar-refractivity contribution in [3.63, 3.8) is 0 Å². The molecule has 196 valence electrons. The van der Waals surface area contributed by atoms with E-state index in [1.165, 1.54) is 0 Å². The summed E-state index contributed by atoms with van der Waals surface area (Å²) >= 11 is 0. The number of morpholine rings is 1. The molecule has 4 heterocycles. The molecule has 0 aromatic heterocycles. The Morgan fingerprint density at radius 3 is 2.19 bits per heavy atom. The van der Waals surface area contributed by atoms with E-state index in [1.54, 1.807) is 0 Å². The molecule has 0 radical (unpaired) electrons. The second-order valence-electron chi connectivity index (χ2n) is 10.2. The van der Waals surface area contributed by atoms with Crippen molar-refractivity contribution >= 4 is 17.5 Å². The van der Waals surface area contributed by atoms with Crippen LogP contribution in [-0.4, -0.2) is 103 Å². The van der Waals surface area contributed by atoms with Gasteiger partial charge < -0.3 is 24.1 Å². The molecule has 4 aliphatic rings. The third-order valence-corrected chi connectivity index (χ3v) is 7.74. The molecule has 3 fully saturated rings. The fraction of sp³-hybridized carbons (Fsp3) is 0.667. The van der Waals surface area contributed by atoms with Gasteiger partial charge in [0, 0.05) is 58.7 Å². The van der Waals surface area contributed by atoms with E-state index in [0.717, 1.165) is 77.2 Å². The lowest BCUT2D eigenvalue weighted by Crippen LogP contribution is -2.46. The van der Waals surface area contributed by atoms with Gasteiger partial charge in [-0.25, -0.2) is 0 Å². The lowest BCUT2D eigenvalue weighted by molar-refractivity contribution is -0.136. The Hall–Kier alpha value is -2.49. The fourth-order valence-corrected chi connectivity index (χ4v) is 5.48. The third-order valence-electron chi connectivity index (χ3n) is 7.74. The smallest absolute Gasteiger partial charge is 0.271 e. The Morgan fingerprint density at radius 1 is 0.889 bits per heavy atom. The van der Waals surface area contributed by atoms with Crippen molar-refractivity contribution in [2.75, 3.05) is 59.0 Å². The number of piperidine rings is 2. The minimum absolute atomic E-state index is 0.0178. The Morgan fingerprint density at radius 2 is 1.53 bits per heavy atom. The van der Waals surface area contributed by atoms with Crippen LogP contribution in [0.4, 0.5) is 0 Å². The van der Waals surface area contributed by atoms with Gasteiger partial charge in [-0.15, -0.1) is 0 Å². The van der Waals surface area contributed by atoms with Crippen molar-refractivity contribution in [3.8, 4) is 0 Å². The normalized spacial score (nSPS) is 24.4. The monoisotopic (exact) mass is 498 g/mol. The molecule has 4 aliphatic heterocycles. The molecule has 2 amide bonds. The number of oxime groups is 1. The average Bonchev–Trinajstić information content (AvgIpc) is 3.44. The van der Waals surface area contributed by atoms with Crippen LogP contribution in [0.15, 0.2) is 35.5 Å². The molecule has 9 heteroatoms. The van der Waals surface area contributed by atoms with Gasteiger partial charge in [-0.05, 0) is 31.2 Å². The average molecular weight is 499 g/mol. The maximum atomic E-state index is 13.0. The summed E-state index contributed by atoms with van der Waals surface area (Å²) < 4.78 is 11.8. The van der Waals surface area contributed by atoms with Gasteiger partial charge in [0.05, 0.1) is 25.4 Å². The first-order valence-corrected chi connectivity index (χ1v) is 13.5. The molecular weight excluding hydrogens is 460 g/mol. The number of benzene rings is 1. The van der Waals surface area contributed by atoms with Gasteiger partial charge >= 0.3 is 0 Å². The van der Waals surface area contributed by atoms with Gasteiger partial charge in [-0.1, -0.05) is 35.5 Å². The molecular formula is C27H38N4O5. The van der Waals surface area contributed by atoms with Crippen LogP contribution >= 0.6 is 0 Å². The van der Waals surface area contributed by atoms with Crippen LogP contribution in [0.3, 0.4) is 0 Å². The number of ether oxygens (including phenoxy) is 2. The van der Waals surface area contributed by atoms with Crippen molar-refractivity contribution < 1.29 is 23.9 Å². The third kappa shape index (κ3) is 6.44. The Bertz CT molecular complexity index is 904. The zero-order chi connectivity index (χ0) is 24.7. The molecule has 1 unspecified atom stereocenters. The Labute approximate surface area is 213 Å². The standard InChI is InChI=1S/C27H38N4O5/c32-26(10-11-29-16-18-34-19-17-29)30-12-6-22(7-13-30)35-23-8-14-31(15-9-23)27(33)24-20-25(36-28-24)21-4-2-1-3-5-21/h1-5,22-23,25H,6-20H2. The van der Waals surface area contributed by atoms with Gasteiger partial charge in [0.1, 0.15) is 5.71 Å². The van der Waals surface area contributed by atoms with E-state index >= 15 is 0 Å². The van der Waals surface area contributed by atoms with Gasteiger partial charge in [-0.3, -0.25) is 14.5 Å². The molecule has 0 saturated carbocycles. The largest absolute Gasteiger partial charge is 0.387 e. The summed E-state index contributed by atoms with van der Waals surface area (Å²) in [6.45, 7) is 7.09. The van der Waals surface area contributed by atoms with Crippen LogP contribution in [0.5, 0.6) is 0 Å². The Balaban J connectivity index is 0.984. The summed E-state index contributed by atoms with van der Waals surface area (Å²) in [5, 5.41) is 4.10. The maximum Gasteiger partial charge on any atom is 0.271 e. The number of rotatable bonds is 7. The molecule has 0 spiro atoms. The predicted octanol–water partition coefficient (Wildman–Crippen LogP) is 2.22. The topological polar surface area (TPSA) is 83.9 Å². The zero-order valence-corrected chi connectivity index (χ0v) is 21.1. The summed E-state index contributed by atoms with van der Waals surface area (Å²) in [6.07, 6.45) is 4.73. The highest BCUT2D eigenvalue weighted by atomic mass is 16.6. The van der Waals surface area contributed by atoms with Crippen LogP contribution in [0.25, 0.3) is 0 Å². The van der Waals surface area contributed by atoms with Gasteiger partial charge in [-0.2, -0.15) is 0 Å². The molecule has 1 aromatic rings. The van der Waals surface area contributed by atoms with Crippen molar-refractivity contribution in [2.45, 2.75) is 56.8 Å². The molecule has 0 bridgehead atoms. The lowest BCUT2D eigenvalue weighted by atomic mass is 10.0. The molecule has 0 N–H and O–H groups in total. The summed E-state index contributed by atoms with van der Waals surface area (Å²) in [4.78, 5) is 37.3. The highest BCUT2D eigenvalue weighted by Gasteiger charge is 2.33. The second-order valence-corrected chi connectivity index (χ2v) is 10.2. The van der Waals surface area contributed by atoms with Crippen LogP contribution in [-0.2, 0) is 23.9 Å². The number of hydrogen-bond acceptors (Lipinski definition) is 7. The number of amides is 2. The van der Waals surface area contributed by atoms with E-state index in [2.05, 4.69) is 10.1 Å². The summed E-state index contributed by atoms with van der Waals surface area (Å²) in [5.41, 5.74) is 1.55. The van der Waals surface area contributed by atoms with Crippen molar-refractivity contribution in [1.29, 1.82) is 0 Å². The number of carbonyl (C=O) groups is 2. The van der Waals surface area contributed by atoms with Gasteiger partial charge in [0.15, 0.2) is 6.10 Å². The number of likely N-dealkylation sites (tertiary alicyclic amines) is 2. The minimum atomic E-state index is -0.178. The van der Waals surface area contributed by atoms with Crippen LogP contribution in [0, 0.1) is 0 Å². The van der Waals surface area contributed by atoms with Gasteiger partial charge in [0.25, 0.3) is 5.91 Å². The number of carbonyl (C=O) groups excluding carboxylic acids is 2. The quantitative estimate of drug-likeness (QED) is 0.573. The SMILES string of the molecule is O=C(CCN1CCOCC1)N1CCC(OC2CCN(C(=O)C3=NOC(c4ccccc4)C3)CC2)CC1. The first-order valence-electron chi connectivity index (χ1n) is 13.5. The first kappa shape index (κ1) is 25.2. The van der Waals surface area contributed by atoms with E-state index in [1.807, 2.05) is 40.1 Å². The molecule has 5 rings (SSSR count). The molecule has 36 heavy (non-hydrogen) atoms. The molecule has 1 aromatic carbocycles. The number of nitrogens with zero attached hydrogens (tertiary/aromatic N) is 4. The first-order chi connectivity index (χ1) is 17.7. The molecule has 9 nitrogen and oxygen atoms in total. The summed E-state index contributed by atoms with van der Waals surface area (Å²) in [7, 11) is 0. The second kappa shape index (κ2) is 12.2. The highest BCUT2D eigenvalue weighted by molar-refractivity contribution is 6.39. The van der Waals surface area contributed by atoms with Crippen molar-refractivity contribution in [2.24, 2.45) is 5.16 Å². The molecule has 3 saturated heterocycles. The van der Waals surface area contributed by atoms with E-state index in [4.69, 9.17) is 14.3 Å². The van der Waals surface area contributed by atoms with E-state index in [0.29, 0.717) is 31.6 Å².